The lowest BCUT2D eigenvalue weighted by Crippen LogP contribution is -2.33. The highest BCUT2D eigenvalue weighted by atomic mass is 32.2. The van der Waals surface area contributed by atoms with Crippen LogP contribution in [0.1, 0.15) is 40.1 Å². The average molecular weight is 467 g/mol. The molecule has 8 heteroatoms. The zero-order valence-electron chi connectivity index (χ0n) is 18.7. The van der Waals surface area contributed by atoms with Crippen LogP contribution in [0.15, 0.2) is 83.8 Å². The lowest BCUT2D eigenvalue weighted by atomic mass is 10.2. The molecular formula is C25H26N2O5S. The van der Waals surface area contributed by atoms with Gasteiger partial charge in [0.1, 0.15) is 5.75 Å². The number of ether oxygens (including phenoxy) is 1. The molecule has 1 N–H and O–H groups in total. The van der Waals surface area contributed by atoms with Gasteiger partial charge >= 0.3 is 5.97 Å². The Hall–Kier alpha value is -3.49. The van der Waals surface area contributed by atoms with Crippen molar-refractivity contribution in [1.82, 2.24) is 9.62 Å². The summed E-state index contributed by atoms with van der Waals surface area (Å²) in [5, 5.41) is 2.82. The minimum absolute atomic E-state index is 0.00203. The molecule has 0 unspecified atom stereocenters. The maximum Gasteiger partial charge on any atom is 0.343 e. The van der Waals surface area contributed by atoms with E-state index in [0.717, 1.165) is 5.56 Å². The van der Waals surface area contributed by atoms with Crippen molar-refractivity contribution in [2.75, 3.05) is 7.05 Å². The van der Waals surface area contributed by atoms with Gasteiger partial charge in [-0.3, -0.25) is 4.79 Å². The summed E-state index contributed by atoms with van der Waals surface area (Å²) in [6.07, 6.45) is 0. The molecule has 1 amide bonds. The van der Waals surface area contributed by atoms with Crippen molar-refractivity contribution in [3.8, 4) is 5.75 Å². The van der Waals surface area contributed by atoms with E-state index < -0.39 is 16.0 Å². The molecule has 0 saturated heterocycles. The van der Waals surface area contributed by atoms with Gasteiger partial charge in [-0.05, 0) is 55.8 Å². The summed E-state index contributed by atoms with van der Waals surface area (Å²) in [5.74, 6) is -0.845. The molecule has 0 fully saturated rings. The fourth-order valence-electron chi connectivity index (χ4n) is 2.97. The number of hydrogen-bond acceptors (Lipinski definition) is 5. The predicted molar refractivity (Wildman–Crippen MR) is 126 cm³/mol. The minimum Gasteiger partial charge on any atom is -0.423 e. The number of hydrogen-bond donors (Lipinski definition) is 1. The molecule has 0 heterocycles. The number of esters is 1. The Bertz CT molecular complexity index is 1240. The van der Waals surface area contributed by atoms with Crippen molar-refractivity contribution in [3.05, 3.63) is 95.6 Å². The van der Waals surface area contributed by atoms with Gasteiger partial charge in [0, 0.05) is 25.2 Å². The number of amides is 1. The summed E-state index contributed by atoms with van der Waals surface area (Å²) in [6, 6.07) is 21.2. The number of nitrogens with one attached hydrogen (secondary N) is 1. The standard InChI is InChI=1S/C25H26N2O5S/c1-18(2)27(3)33(30,31)23-14-8-12-21(16-23)25(29)32-22-13-7-11-20(15-22)24(28)26-17-19-9-5-4-6-10-19/h4-16,18H,17H2,1-3H3,(H,26,28). The number of carbonyl (C=O) groups excluding carboxylic acids is 2. The van der Waals surface area contributed by atoms with E-state index in [1.807, 2.05) is 30.3 Å². The Morgan fingerprint density at radius 2 is 1.58 bits per heavy atom. The normalized spacial score (nSPS) is 11.4. The van der Waals surface area contributed by atoms with Crippen LogP contribution in [0, 0.1) is 0 Å². The van der Waals surface area contributed by atoms with Crippen molar-refractivity contribution < 1.29 is 22.7 Å². The Balaban J connectivity index is 1.71. The molecule has 0 bridgehead atoms. The predicted octanol–water partition coefficient (Wildman–Crippen LogP) is 3.86. The van der Waals surface area contributed by atoms with Crippen LogP contribution in [-0.2, 0) is 16.6 Å². The molecule has 0 aliphatic heterocycles. The number of benzene rings is 3. The van der Waals surface area contributed by atoms with Gasteiger partial charge in [0.15, 0.2) is 0 Å². The molecule has 0 radical (unpaired) electrons. The third-order valence-electron chi connectivity index (χ3n) is 5.08. The summed E-state index contributed by atoms with van der Waals surface area (Å²) in [5.41, 5.74) is 1.39. The molecule has 33 heavy (non-hydrogen) atoms. The molecule has 0 aliphatic carbocycles. The van der Waals surface area contributed by atoms with Crippen LogP contribution in [0.5, 0.6) is 5.75 Å². The highest BCUT2D eigenvalue weighted by molar-refractivity contribution is 7.89. The Morgan fingerprint density at radius 1 is 0.909 bits per heavy atom. The molecule has 0 spiro atoms. The molecule has 7 nitrogen and oxygen atoms in total. The zero-order valence-corrected chi connectivity index (χ0v) is 19.5. The van der Waals surface area contributed by atoms with Gasteiger partial charge in [-0.25, -0.2) is 13.2 Å². The first kappa shape index (κ1) is 24.2. The van der Waals surface area contributed by atoms with Crippen LogP contribution in [0.25, 0.3) is 0 Å². The number of nitrogens with zero attached hydrogens (tertiary/aromatic N) is 1. The summed E-state index contributed by atoms with van der Waals surface area (Å²) in [6.45, 7) is 3.90. The summed E-state index contributed by atoms with van der Waals surface area (Å²) in [4.78, 5) is 25.1. The van der Waals surface area contributed by atoms with E-state index in [1.165, 1.54) is 41.7 Å². The van der Waals surface area contributed by atoms with E-state index in [9.17, 15) is 18.0 Å². The third kappa shape index (κ3) is 6.06. The van der Waals surface area contributed by atoms with E-state index in [4.69, 9.17) is 4.74 Å². The second-order valence-corrected chi connectivity index (χ2v) is 9.73. The van der Waals surface area contributed by atoms with Crippen molar-refractivity contribution in [2.45, 2.75) is 31.3 Å². The summed E-state index contributed by atoms with van der Waals surface area (Å²) >= 11 is 0. The van der Waals surface area contributed by atoms with Crippen LogP contribution in [-0.4, -0.2) is 37.7 Å². The summed E-state index contributed by atoms with van der Waals surface area (Å²) < 4.78 is 32.1. The molecular weight excluding hydrogens is 440 g/mol. The fourth-order valence-corrected chi connectivity index (χ4v) is 4.39. The SMILES string of the molecule is CC(C)N(C)S(=O)(=O)c1cccc(C(=O)Oc2cccc(C(=O)NCc3ccccc3)c2)c1. The first-order chi connectivity index (χ1) is 15.7. The Morgan fingerprint density at radius 3 is 2.27 bits per heavy atom. The van der Waals surface area contributed by atoms with Crippen molar-refractivity contribution in [2.24, 2.45) is 0 Å². The van der Waals surface area contributed by atoms with Crippen LogP contribution >= 0.6 is 0 Å². The molecule has 172 valence electrons. The first-order valence-electron chi connectivity index (χ1n) is 10.4. The highest BCUT2D eigenvalue weighted by Crippen LogP contribution is 2.20. The van der Waals surface area contributed by atoms with E-state index in [0.29, 0.717) is 12.1 Å². The van der Waals surface area contributed by atoms with Crippen LogP contribution in [0.2, 0.25) is 0 Å². The van der Waals surface area contributed by atoms with Gasteiger partial charge in [-0.2, -0.15) is 4.31 Å². The summed E-state index contributed by atoms with van der Waals surface area (Å²) in [7, 11) is -2.26. The molecule has 0 atom stereocenters. The van der Waals surface area contributed by atoms with Crippen LogP contribution < -0.4 is 10.1 Å². The topological polar surface area (TPSA) is 92.8 Å². The van der Waals surface area contributed by atoms with Crippen molar-refractivity contribution in [1.29, 1.82) is 0 Å². The first-order valence-corrected chi connectivity index (χ1v) is 11.8. The quantitative estimate of drug-likeness (QED) is 0.402. The average Bonchev–Trinajstić information content (AvgIpc) is 2.82. The van der Waals surface area contributed by atoms with Gasteiger partial charge in [0.25, 0.3) is 5.91 Å². The fraction of sp³-hybridized carbons (Fsp3) is 0.200. The lowest BCUT2D eigenvalue weighted by Gasteiger charge is -2.21. The maximum atomic E-state index is 12.7. The van der Waals surface area contributed by atoms with Gasteiger partial charge in [0.05, 0.1) is 10.5 Å². The monoisotopic (exact) mass is 466 g/mol. The van der Waals surface area contributed by atoms with Gasteiger partial charge < -0.3 is 10.1 Å². The number of carbonyl (C=O) groups is 2. The van der Waals surface area contributed by atoms with Gasteiger partial charge in [0.2, 0.25) is 10.0 Å². The molecule has 3 aromatic rings. The Kier molecular flexibility index (Phi) is 7.63. The number of sulfonamides is 1. The number of rotatable bonds is 8. The van der Waals surface area contributed by atoms with Crippen molar-refractivity contribution >= 4 is 21.9 Å². The van der Waals surface area contributed by atoms with Crippen LogP contribution in [0.4, 0.5) is 0 Å². The second-order valence-electron chi connectivity index (χ2n) is 7.73. The van der Waals surface area contributed by atoms with E-state index >= 15 is 0 Å². The second kappa shape index (κ2) is 10.4. The Labute approximate surface area is 194 Å². The largest absolute Gasteiger partial charge is 0.423 e. The van der Waals surface area contributed by atoms with Gasteiger partial charge in [-0.15, -0.1) is 0 Å². The minimum atomic E-state index is -3.74. The van der Waals surface area contributed by atoms with Gasteiger partial charge in [-0.1, -0.05) is 42.5 Å². The van der Waals surface area contributed by atoms with E-state index in [1.54, 1.807) is 32.0 Å². The molecule has 0 aliphatic rings. The third-order valence-corrected chi connectivity index (χ3v) is 7.11. The molecule has 3 aromatic carbocycles. The lowest BCUT2D eigenvalue weighted by molar-refractivity contribution is 0.0733. The smallest absolute Gasteiger partial charge is 0.343 e. The van der Waals surface area contributed by atoms with Crippen molar-refractivity contribution in [3.63, 3.8) is 0 Å². The van der Waals surface area contributed by atoms with E-state index in [-0.39, 0.29) is 28.2 Å². The maximum absolute atomic E-state index is 12.7. The van der Waals surface area contributed by atoms with E-state index in [2.05, 4.69) is 5.32 Å². The molecule has 0 saturated carbocycles. The molecule has 0 aromatic heterocycles. The molecule has 3 rings (SSSR count). The zero-order chi connectivity index (χ0) is 24.0. The van der Waals surface area contributed by atoms with Crippen LogP contribution in [0.3, 0.4) is 0 Å². The highest BCUT2D eigenvalue weighted by Gasteiger charge is 2.24.